The maximum atomic E-state index is 13.2. The van der Waals surface area contributed by atoms with Crippen molar-refractivity contribution in [1.29, 1.82) is 5.26 Å². The number of hydrogen-bond donors (Lipinski definition) is 0. The molecule has 0 N–H and O–H groups in total. The molecule has 0 aromatic rings. The van der Waals surface area contributed by atoms with Gasteiger partial charge in [0, 0.05) is 18.4 Å². The van der Waals surface area contributed by atoms with Crippen LogP contribution in [0.4, 0.5) is 0 Å². The van der Waals surface area contributed by atoms with Gasteiger partial charge in [-0.25, -0.2) is 0 Å². The minimum atomic E-state index is -0.0512. The van der Waals surface area contributed by atoms with Crippen molar-refractivity contribution in [3.63, 3.8) is 0 Å². The number of nitriles is 1. The first-order valence-electron chi connectivity index (χ1n) is 9.32. The molecule has 0 amide bonds. The highest BCUT2D eigenvalue weighted by atomic mass is 16.1. The number of ketones is 1. The summed E-state index contributed by atoms with van der Waals surface area (Å²) in [5.74, 6) is 1.80. The summed E-state index contributed by atoms with van der Waals surface area (Å²) in [4.78, 5) is 13.2. The molecule has 0 spiro atoms. The Morgan fingerprint density at radius 3 is 2.87 bits per heavy atom. The Kier molecular flexibility index (Phi) is 3.34. The zero-order valence-corrected chi connectivity index (χ0v) is 14.4. The number of carbonyl (C=O) groups is 1. The second kappa shape index (κ2) is 5.07. The van der Waals surface area contributed by atoms with Gasteiger partial charge in [0.15, 0.2) is 0 Å². The molecule has 5 atom stereocenters. The Balaban J connectivity index is 1.76. The summed E-state index contributed by atoms with van der Waals surface area (Å²) < 4.78 is 0. The first-order valence-corrected chi connectivity index (χ1v) is 9.32. The number of hydrogen-bond acceptors (Lipinski definition) is 2. The Labute approximate surface area is 139 Å². The lowest BCUT2D eigenvalue weighted by atomic mass is 9.47. The second-order valence-corrected chi connectivity index (χ2v) is 8.74. The number of Topliss-reactive ketones (excluding diaryl/α,β-unsaturated/α-hetero) is 1. The van der Waals surface area contributed by atoms with Crippen molar-refractivity contribution >= 4 is 5.78 Å². The predicted molar refractivity (Wildman–Crippen MR) is 90.4 cm³/mol. The topological polar surface area (TPSA) is 40.9 Å². The van der Waals surface area contributed by atoms with Crippen molar-refractivity contribution in [2.24, 2.45) is 28.6 Å². The van der Waals surface area contributed by atoms with Crippen LogP contribution in [0.3, 0.4) is 0 Å². The van der Waals surface area contributed by atoms with E-state index in [1.54, 1.807) is 11.6 Å². The van der Waals surface area contributed by atoms with Crippen LogP contribution in [0.5, 0.6) is 0 Å². The van der Waals surface area contributed by atoms with Crippen molar-refractivity contribution in [2.75, 3.05) is 0 Å². The Morgan fingerprint density at radius 2 is 2.09 bits per heavy atom. The van der Waals surface area contributed by atoms with E-state index in [9.17, 15) is 4.79 Å². The van der Waals surface area contributed by atoms with Gasteiger partial charge in [-0.15, -0.1) is 0 Å². The monoisotopic (exact) mass is 309 g/mol. The van der Waals surface area contributed by atoms with Crippen LogP contribution in [-0.2, 0) is 4.79 Å². The van der Waals surface area contributed by atoms with Gasteiger partial charge in [0.1, 0.15) is 5.78 Å². The van der Waals surface area contributed by atoms with E-state index in [1.807, 2.05) is 0 Å². The molecule has 0 aromatic carbocycles. The molecule has 0 bridgehead atoms. The minimum absolute atomic E-state index is 0.0512. The van der Waals surface area contributed by atoms with E-state index < -0.39 is 0 Å². The quantitative estimate of drug-likeness (QED) is 0.468. The summed E-state index contributed by atoms with van der Waals surface area (Å²) in [5, 5.41) is 9.10. The van der Waals surface area contributed by atoms with E-state index in [0.717, 1.165) is 19.3 Å². The van der Waals surface area contributed by atoms with Crippen molar-refractivity contribution in [1.82, 2.24) is 0 Å². The van der Waals surface area contributed by atoms with Gasteiger partial charge < -0.3 is 0 Å². The van der Waals surface area contributed by atoms with E-state index in [1.165, 1.54) is 31.3 Å². The molecule has 4 aliphatic carbocycles. The molecule has 2 nitrogen and oxygen atoms in total. The Bertz CT molecular complexity index is 651. The van der Waals surface area contributed by atoms with E-state index >= 15 is 0 Å². The Hall–Kier alpha value is -1.36. The fourth-order valence-electron chi connectivity index (χ4n) is 6.69. The van der Waals surface area contributed by atoms with Gasteiger partial charge >= 0.3 is 0 Å². The van der Waals surface area contributed by atoms with Crippen molar-refractivity contribution in [3.8, 4) is 6.07 Å². The maximum absolute atomic E-state index is 13.2. The number of fused-ring (bicyclic) bond motifs is 5. The molecule has 0 saturated heterocycles. The number of rotatable bonds is 0. The van der Waals surface area contributed by atoms with Gasteiger partial charge in [-0.3, -0.25) is 4.79 Å². The first kappa shape index (κ1) is 15.2. The summed E-state index contributed by atoms with van der Waals surface area (Å²) in [7, 11) is 0. The first-order chi connectivity index (χ1) is 11.0. The molecule has 0 aromatic heterocycles. The predicted octanol–water partition coefficient (Wildman–Crippen LogP) is 4.97. The van der Waals surface area contributed by atoms with Crippen LogP contribution in [0.2, 0.25) is 0 Å². The van der Waals surface area contributed by atoms with Gasteiger partial charge in [0.25, 0.3) is 0 Å². The van der Waals surface area contributed by atoms with Crippen LogP contribution in [0.15, 0.2) is 23.3 Å². The fourth-order valence-corrected chi connectivity index (χ4v) is 6.69. The highest BCUT2D eigenvalue weighted by Gasteiger charge is 2.60. The maximum Gasteiger partial charge on any atom is 0.138 e. The number of allylic oxidation sites excluding steroid dienone is 4. The van der Waals surface area contributed by atoms with E-state index in [2.05, 4.69) is 26.0 Å². The minimum Gasteiger partial charge on any atom is -0.299 e. The van der Waals surface area contributed by atoms with Crippen LogP contribution in [0.1, 0.15) is 65.2 Å². The third-order valence-electron chi connectivity index (χ3n) is 7.80. The summed E-state index contributed by atoms with van der Waals surface area (Å²) >= 11 is 0. The summed E-state index contributed by atoms with van der Waals surface area (Å²) in [6.07, 6.45) is 13.1. The molecule has 0 radical (unpaired) electrons. The highest BCUT2D eigenvalue weighted by Crippen LogP contribution is 2.64. The largest absolute Gasteiger partial charge is 0.299 e. The SMILES string of the molecule is C[C@]12CCCCC1=CC[C@@H]1[C@@H]2C(=O)C[C@]2(C)/C(=C\C#N)CC[C@@H]12. The summed E-state index contributed by atoms with van der Waals surface area (Å²) in [6.45, 7) is 4.63. The molecule has 122 valence electrons. The third kappa shape index (κ3) is 1.95. The number of carbonyl (C=O) groups excluding carboxylic acids is 1. The fraction of sp³-hybridized carbons (Fsp3) is 0.714. The Morgan fingerprint density at radius 1 is 1.26 bits per heavy atom. The standard InChI is InChI=1S/C21H27NO/c1-20-11-4-3-5-14(20)6-8-16-17-9-7-15(10-12-22)21(17,2)13-18(23)19(16)20/h6,10,16-17,19H,3-5,7-9,11,13H2,1-2H3/b15-10-/t16-,17-,19+,20-,21+/m0/s1. The molecule has 2 heteroatoms. The van der Waals surface area contributed by atoms with Crippen LogP contribution in [-0.4, -0.2) is 5.78 Å². The normalized spacial score (nSPS) is 47.3. The molecule has 0 unspecified atom stereocenters. The summed E-state index contributed by atoms with van der Waals surface area (Å²) in [6, 6.07) is 2.22. The van der Waals surface area contributed by atoms with Crippen molar-refractivity contribution < 1.29 is 4.79 Å². The summed E-state index contributed by atoms with van der Waals surface area (Å²) in [5.41, 5.74) is 2.89. The van der Waals surface area contributed by atoms with Gasteiger partial charge in [0.05, 0.1) is 6.07 Å². The molecular weight excluding hydrogens is 282 g/mol. The molecule has 4 aliphatic rings. The van der Waals surface area contributed by atoms with Crippen molar-refractivity contribution in [3.05, 3.63) is 23.3 Å². The van der Waals surface area contributed by atoms with Gasteiger partial charge in [-0.1, -0.05) is 37.5 Å². The molecule has 23 heavy (non-hydrogen) atoms. The lowest BCUT2D eigenvalue weighted by molar-refractivity contribution is -0.140. The van der Waals surface area contributed by atoms with E-state index in [-0.39, 0.29) is 16.7 Å². The zero-order chi connectivity index (χ0) is 16.2. The highest BCUT2D eigenvalue weighted by molar-refractivity contribution is 5.85. The van der Waals surface area contributed by atoms with Crippen LogP contribution in [0.25, 0.3) is 0 Å². The lowest BCUT2D eigenvalue weighted by Gasteiger charge is -2.55. The average Bonchev–Trinajstić information content (AvgIpc) is 2.83. The van der Waals surface area contributed by atoms with E-state index in [4.69, 9.17) is 5.26 Å². The number of nitrogens with zero attached hydrogens (tertiary/aromatic N) is 1. The van der Waals surface area contributed by atoms with Crippen LogP contribution in [0, 0.1) is 39.9 Å². The van der Waals surface area contributed by atoms with E-state index in [0.29, 0.717) is 24.0 Å². The van der Waals surface area contributed by atoms with Gasteiger partial charge in [0.2, 0.25) is 0 Å². The molecule has 0 heterocycles. The third-order valence-corrected chi connectivity index (χ3v) is 7.80. The average molecular weight is 309 g/mol. The molecular formula is C21H27NO. The van der Waals surface area contributed by atoms with Gasteiger partial charge in [-0.05, 0) is 61.2 Å². The zero-order valence-electron chi connectivity index (χ0n) is 14.4. The van der Waals surface area contributed by atoms with Crippen molar-refractivity contribution in [2.45, 2.75) is 65.2 Å². The second-order valence-electron chi connectivity index (χ2n) is 8.74. The molecule has 3 fully saturated rings. The smallest absolute Gasteiger partial charge is 0.138 e. The molecule has 3 saturated carbocycles. The lowest BCUT2D eigenvalue weighted by Crippen LogP contribution is -2.53. The van der Waals surface area contributed by atoms with Crippen LogP contribution >= 0.6 is 0 Å². The molecule has 0 aliphatic heterocycles. The van der Waals surface area contributed by atoms with Crippen LogP contribution < -0.4 is 0 Å². The molecule has 4 rings (SSSR count). The van der Waals surface area contributed by atoms with Gasteiger partial charge in [-0.2, -0.15) is 5.26 Å².